The summed E-state index contributed by atoms with van der Waals surface area (Å²) >= 11 is 1.64. The lowest BCUT2D eigenvalue weighted by atomic mass is 10.2. The van der Waals surface area contributed by atoms with Crippen molar-refractivity contribution in [2.45, 2.75) is 6.42 Å². The molecule has 0 radical (unpaired) electrons. The predicted octanol–water partition coefficient (Wildman–Crippen LogP) is 1.68. The van der Waals surface area contributed by atoms with E-state index in [4.69, 9.17) is 0 Å². The molecular formula is C16H17N5OS. The van der Waals surface area contributed by atoms with Crippen molar-refractivity contribution in [2.75, 3.05) is 31.1 Å². The highest BCUT2D eigenvalue weighted by molar-refractivity contribution is 7.10. The molecule has 1 amide bonds. The number of piperazine rings is 1. The zero-order valence-corrected chi connectivity index (χ0v) is 13.4. The molecule has 3 aromatic heterocycles. The number of aromatic nitrogens is 3. The summed E-state index contributed by atoms with van der Waals surface area (Å²) in [5, 5.41) is 6.58. The number of hydrogen-bond acceptors (Lipinski definition) is 5. The van der Waals surface area contributed by atoms with Crippen molar-refractivity contribution in [3.63, 3.8) is 0 Å². The van der Waals surface area contributed by atoms with Gasteiger partial charge in [-0.1, -0.05) is 6.07 Å². The Hall–Kier alpha value is -2.41. The minimum Gasteiger partial charge on any atom is -0.352 e. The third kappa shape index (κ3) is 2.92. The van der Waals surface area contributed by atoms with Crippen LogP contribution in [-0.2, 0) is 11.2 Å². The van der Waals surface area contributed by atoms with Crippen LogP contribution >= 0.6 is 11.3 Å². The standard InChI is InChI=1S/C16H17N5OS/c22-16(12-13-2-1-11-23-13)20-9-7-19(8-10-20)15-4-3-14-17-5-6-21(14)18-15/h1-6,11H,7-10,12H2. The number of rotatable bonds is 3. The van der Waals surface area contributed by atoms with Gasteiger partial charge in [-0.15, -0.1) is 16.4 Å². The van der Waals surface area contributed by atoms with Crippen LogP contribution in [0.2, 0.25) is 0 Å². The molecule has 3 aromatic rings. The molecule has 0 bridgehead atoms. The maximum atomic E-state index is 12.3. The maximum Gasteiger partial charge on any atom is 0.227 e. The van der Waals surface area contributed by atoms with E-state index in [1.54, 1.807) is 22.0 Å². The minimum absolute atomic E-state index is 0.213. The van der Waals surface area contributed by atoms with Gasteiger partial charge in [0.2, 0.25) is 5.91 Å². The van der Waals surface area contributed by atoms with Gasteiger partial charge < -0.3 is 9.80 Å². The first-order valence-electron chi connectivity index (χ1n) is 7.65. The van der Waals surface area contributed by atoms with E-state index in [1.165, 1.54) is 0 Å². The van der Waals surface area contributed by atoms with Crippen LogP contribution in [0, 0.1) is 0 Å². The highest BCUT2D eigenvalue weighted by Crippen LogP contribution is 2.16. The number of thiophene rings is 1. The summed E-state index contributed by atoms with van der Waals surface area (Å²) < 4.78 is 1.78. The molecule has 0 saturated carbocycles. The highest BCUT2D eigenvalue weighted by atomic mass is 32.1. The van der Waals surface area contributed by atoms with E-state index >= 15 is 0 Å². The van der Waals surface area contributed by atoms with Gasteiger partial charge >= 0.3 is 0 Å². The SMILES string of the molecule is O=C(Cc1cccs1)N1CCN(c2ccc3nccn3n2)CC1. The molecule has 0 N–H and O–H groups in total. The van der Waals surface area contributed by atoms with Crippen molar-refractivity contribution >= 4 is 28.7 Å². The highest BCUT2D eigenvalue weighted by Gasteiger charge is 2.22. The fourth-order valence-electron chi connectivity index (χ4n) is 2.83. The molecule has 0 aliphatic carbocycles. The van der Waals surface area contributed by atoms with Crippen LogP contribution in [-0.4, -0.2) is 51.6 Å². The first-order valence-corrected chi connectivity index (χ1v) is 8.53. The second-order valence-corrected chi connectivity index (χ2v) is 6.58. The fourth-order valence-corrected chi connectivity index (χ4v) is 3.53. The Kier molecular flexibility index (Phi) is 3.70. The number of fused-ring (bicyclic) bond motifs is 1. The average molecular weight is 327 g/mol. The Bertz CT molecular complexity index is 805. The summed E-state index contributed by atoms with van der Waals surface area (Å²) in [6.45, 7) is 3.11. The molecule has 1 fully saturated rings. The Morgan fingerprint density at radius 1 is 1.17 bits per heavy atom. The van der Waals surface area contributed by atoms with E-state index in [0.717, 1.165) is 42.5 Å². The van der Waals surface area contributed by atoms with Gasteiger partial charge in [0.05, 0.1) is 6.42 Å². The Morgan fingerprint density at radius 3 is 2.83 bits per heavy atom. The molecule has 4 rings (SSSR count). The van der Waals surface area contributed by atoms with Crippen LogP contribution in [0.25, 0.3) is 5.65 Å². The molecule has 1 saturated heterocycles. The smallest absolute Gasteiger partial charge is 0.227 e. The zero-order chi connectivity index (χ0) is 15.6. The molecule has 7 heteroatoms. The van der Waals surface area contributed by atoms with Crippen molar-refractivity contribution in [3.05, 3.63) is 46.9 Å². The predicted molar refractivity (Wildman–Crippen MR) is 89.8 cm³/mol. The molecule has 6 nitrogen and oxygen atoms in total. The van der Waals surface area contributed by atoms with Crippen molar-refractivity contribution in [1.29, 1.82) is 0 Å². The van der Waals surface area contributed by atoms with Crippen molar-refractivity contribution in [2.24, 2.45) is 0 Å². The first-order chi connectivity index (χ1) is 11.3. The van der Waals surface area contributed by atoms with Crippen molar-refractivity contribution in [3.8, 4) is 0 Å². The average Bonchev–Trinajstić information content (AvgIpc) is 3.25. The van der Waals surface area contributed by atoms with Gasteiger partial charge in [-0.3, -0.25) is 4.79 Å². The molecule has 4 heterocycles. The van der Waals surface area contributed by atoms with Crippen LogP contribution in [0.4, 0.5) is 5.82 Å². The van der Waals surface area contributed by atoms with Gasteiger partial charge in [-0.2, -0.15) is 0 Å². The first kappa shape index (κ1) is 14.2. The maximum absolute atomic E-state index is 12.3. The lowest BCUT2D eigenvalue weighted by Crippen LogP contribution is -2.49. The second kappa shape index (κ2) is 6.00. The third-order valence-corrected chi connectivity index (χ3v) is 4.98. The van der Waals surface area contributed by atoms with Crippen LogP contribution in [0.1, 0.15) is 4.88 Å². The molecule has 118 valence electrons. The molecule has 1 aliphatic rings. The van der Waals surface area contributed by atoms with Crippen molar-refractivity contribution < 1.29 is 4.79 Å². The summed E-state index contributed by atoms with van der Waals surface area (Å²) in [5.74, 6) is 1.14. The summed E-state index contributed by atoms with van der Waals surface area (Å²) in [6, 6.07) is 7.97. The second-order valence-electron chi connectivity index (χ2n) is 5.55. The number of anilines is 1. The molecule has 0 spiro atoms. The molecule has 0 aromatic carbocycles. The van der Waals surface area contributed by atoms with Gasteiger partial charge in [0.1, 0.15) is 5.82 Å². The van der Waals surface area contributed by atoms with Crippen LogP contribution in [0.3, 0.4) is 0 Å². The zero-order valence-electron chi connectivity index (χ0n) is 12.6. The largest absolute Gasteiger partial charge is 0.352 e. The number of nitrogens with zero attached hydrogens (tertiary/aromatic N) is 5. The van der Waals surface area contributed by atoms with Crippen LogP contribution < -0.4 is 4.90 Å². The summed E-state index contributed by atoms with van der Waals surface area (Å²) in [5.41, 5.74) is 0.846. The monoisotopic (exact) mass is 327 g/mol. The van der Waals surface area contributed by atoms with Gasteiger partial charge in [-0.25, -0.2) is 9.50 Å². The number of hydrogen-bond donors (Lipinski definition) is 0. The van der Waals surface area contributed by atoms with Gasteiger partial charge in [-0.05, 0) is 23.6 Å². The quantitative estimate of drug-likeness (QED) is 0.734. The summed E-state index contributed by atoms with van der Waals surface area (Å²) in [4.78, 5) is 21.8. The summed E-state index contributed by atoms with van der Waals surface area (Å²) in [7, 11) is 0. The van der Waals surface area contributed by atoms with Gasteiger partial charge in [0, 0.05) is 43.4 Å². The van der Waals surface area contributed by atoms with Gasteiger partial charge in [0.15, 0.2) is 5.65 Å². The Balaban J connectivity index is 1.39. The number of imidazole rings is 1. The number of carbonyl (C=O) groups excluding carboxylic acids is 1. The van der Waals surface area contributed by atoms with E-state index in [9.17, 15) is 4.79 Å². The number of amides is 1. The molecule has 0 unspecified atom stereocenters. The van der Waals surface area contributed by atoms with Gasteiger partial charge in [0.25, 0.3) is 0 Å². The van der Waals surface area contributed by atoms with E-state index in [0.29, 0.717) is 6.42 Å². The molecule has 0 atom stereocenters. The lowest BCUT2D eigenvalue weighted by molar-refractivity contribution is -0.130. The van der Waals surface area contributed by atoms with E-state index in [2.05, 4.69) is 15.0 Å². The molecular weight excluding hydrogens is 310 g/mol. The minimum atomic E-state index is 0.213. The molecule has 1 aliphatic heterocycles. The topological polar surface area (TPSA) is 53.7 Å². The van der Waals surface area contributed by atoms with E-state index < -0.39 is 0 Å². The van der Waals surface area contributed by atoms with Crippen LogP contribution in [0.15, 0.2) is 42.0 Å². The van der Waals surface area contributed by atoms with E-state index in [1.807, 2.05) is 40.7 Å². The normalized spacial score (nSPS) is 15.3. The number of carbonyl (C=O) groups is 1. The van der Waals surface area contributed by atoms with Crippen LogP contribution in [0.5, 0.6) is 0 Å². The third-order valence-electron chi connectivity index (χ3n) is 4.10. The fraction of sp³-hybridized carbons (Fsp3) is 0.312. The Labute approximate surface area is 138 Å². The lowest BCUT2D eigenvalue weighted by Gasteiger charge is -2.35. The Morgan fingerprint density at radius 2 is 2.04 bits per heavy atom. The van der Waals surface area contributed by atoms with E-state index in [-0.39, 0.29) is 5.91 Å². The molecule has 23 heavy (non-hydrogen) atoms. The van der Waals surface area contributed by atoms with Crippen molar-refractivity contribution in [1.82, 2.24) is 19.5 Å². The summed E-state index contributed by atoms with van der Waals surface area (Å²) in [6.07, 6.45) is 4.10.